The van der Waals surface area contributed by atoms with Gasteiger partial charge in [-0.3, -0.25) is 0 Å². The van der Waals surface area contributed by atoms with Crippen molar-refractivity contribution in [1.82, 2.24) is 0 Å². The Kier molecular flexibility index (Phi) is 14.2. The average molecular weight is 179 g/mol. The molecular formula is C11H17NO. The summed E-state index contributed by atoms with van der Waals surface area (Å²) in [4.78, 5) is 0. The number of nitriles is 1. The van der Waals surface area contributed by atoms with Gasteiger partial charge in [-0.2, -0.15) is 0 Å². The second kappa shape index (κ2) is 13.1. The van der Waals surface area contributed by atoms with Crippen LogP contribution in [0.5, 0.6) is 0 Å². The Labute approximate surface area is 80.8 Å². The van der Waals surface area contributed by atoms with Crippen LogP contribution in [0.2, 0.25) is 0 Å². The molecule has 0 amide bonds. The highest BCUT2D eigenvalue weighted by Crippen LogP contribution is 2.06. The molecule has 2 nitrogen and oxygen atoms in total. The van der Waals surface area contributed by atoms with Crippen molar-refractivity contribution in [2.75, 3.05) is 0 Å². The molecule has 0 spiro atoms. The number of rotatable bonds is 5. The van der Waals surface area contributed by atoms with Crippen molar-refractivity contribution in [1.29, 1.82) is 5.26 Å². The van der Waals surface area contributed by atoms with Gasteiger partial charge in [0.2, 0.25) is 0 Å². The zero-order valence-corrected chi connectivity index (χ0v) is 8.42. The van der Waals surface area contributed by atoms with Crippen LogP contribution in [0, 0.1) is 11.5 Å². The van der Waals surface area contributed by atoms with Crippen LogP contribution in [0.25, 0.3) is 0 Å². The highest BCUT2D eigenvalue weighted by atomic mass is 16.5. The lowest BCUT2D eigenvalue weighted by Crippen LogP contribution is -1.84. The van der Waals surface area contributed by atoms with E-state index < -0.39 is 0 Å². The van der Waals surface area contributed by atoms with Gasteiger partial charge in [0.15, 0.2) is 0 Å². The van der Waals surface area contributed by atoms with Gasteiger partial charge in [0.05, 0.1) is 0 Å². The van der Waals surface area contributed by atoms with Crippen molar-refractivity contribution in [3.05, 3.63) is 37.1 Å². The summed E-state index contributed by atoms with van der Waals surface area (Å²) >= 11 is 0. The Morgan fingerprint density at radius 1 is 1.46 bits per heavy atom. The summed E-state index contributed by atoms with van der Waals surface area (Å²) in [5.74, 6) is 0.627. The maximum Gasteiger partial charge on any atom is 0.291 e. The quantitative estimate of drug-likeness (QED) is 0.280. The first-order valence-corrected chi connectivity index (χ1v) is 4.33. The molecule has 0 radical (unpaired) electrons. The third-order valence-corrected chi connectivity index (χ3v) is 1.08. The summed E-state index contributed by atoms with van der Waals surface area (Å²) in [6.07, 6.45) is 8.16. The number of hydrogen-bond donors (Lipinski definition) is 0. The molecule has 0 aromatic heterocycles. The van der Waals surface area contributed by atoms with Crippen molar-refractivity contribution in [3.8, 4) is 6.26 Å². The fourth-order valence-corrected chi connectivity index (χ4v) is 0.603. The minimum Gasteiger partial charge on any atom is -0.393 e. The fourth-order valence-electron chi connectivity index (χ4n) is 0.603. The molecule has 0 aromatic rings. The molecule has 0 atom stereocenters. The van der Waals surface area contributed by atoms with E-state index in [4.69, 9.17) is 5.26 Å². The Hall–Kier alpha value is -1.49. The molecule has 0 N–H and O–H groups in total. The standard InChI is InChI=1S/C9H11NO.C2H6/c1-3-5-7-9(6-4-2)11-8-10;1-2/h3-4,6H,1-2,5,7H2;1-2H3/b9-6+;. The van der Waals surface area contributed by atoms with Gasteiger partial charge in [-0.05, 0) is 12.5 Å². The molecule has 0 unspecified atom stereocenters. The molecule has 13 heavy (non-hydrogen) atoms. The van der Waals surface area contributed by atoms with Crippen LogP contribution in [0.1, 0.15) is 26.7 Å². The second-order valence-corrected chi connectivity index (χ2v) is 1.89. The predicted molar refractivity (Wildman–Crippen MR) is 55.8 cm³/mol. The van der Waals surface area contributed by atoms with Crippen LogP contribution in [0.4, 0.5) is 0 Å². The highest BCUT2D eigenvalue weighted by Gasteiger charge is 1.93. The van der Waals surface area contributed by atoms with Gasteiger partial charge in [0.25, 0.3) is 6.26 Å². The average Bonchev–Trinajstić information content (AvgIpc) is 2.18. The zero-order chi connectivity index (χ0) is 10.5. The van der Waals surface area contributed by atoms with E-state index in [2.05, 4.69) is 17.9 Å². The molecule has 0 bridgehead atoms. The highest BCUT2D eigenvalue weighted by molar-refractivity contribution is 5.06. The first kappa shape index (κ1) is 14.1. The largest absolute Gasteiger partial charge is 0.393 e. The summed E-state index contributed by atoms with van der Waals surface area (Å²) in [6, 6.07) is 0. The van der Waals surface area contributed by atoms with E-state index in [9.17, 15) is 0 Å². The zero-order valence-electron chi connectivity index (χ0n) is 8.42. The van der Waals surface area contributed by atoms with Gasteiger partial charge in [0, 0.05) is 6.42 Å². The molecule has 72 valence electrons. The summed E-state index contributed by atoms with van der Waals surface area (Å²) in [6.45, 7) is 11.1. The van der Waals surface area contributed by atoms with E-state index in [0.29, 0.717) is 12.2 Å². The van der Waals surface area contributed by atoms with Crippen LogP contribution >= 0.6 is 0 Å². The number of hydrogen-bond acceptors (Lipinski definition) is 2. The molecule has 0 aromatic carbocycles. The maximum atomic E-state index is 8.19. The molecule has 0 heterocycles. The lowest BCUT2D eigenvalue weighted by molar-refractivity contribution is 0.357. The summed E-state index contributed by atoms with van der Waals surface area (Å²) in [5, 5.41) is 8.19. The number of allylic oxidation sites excluding steroid dienone is 4. The Bertz CT molecular complexity index is 199. The van der Waals surface area contributed by atoms with Crippen LogP contribution in [0.15, 0.2) is 37.1 Å². The third-order valence-electron chi connectivity index (χ3n) is 1.08. The van der Waals surface area contributed by atoms with Crippen molar-refractivity contribution in [2.24, 2.45) is 0 Å². The van der Waals surface area contributed by atoms with E-state index in [1.807, 2.05) is 13.8 Å². The van der Waals surface area contributed by atoms with Crippen LogP contribution in [-0.4, -0.2) is 0 Å². The van der Waals surface area contributed by atoms with Crippen LogP contribution < -0.4 is 0 Å². The van der Waals surface area contributed by atoms with E-state index in [1.54, 1.807) is 24.5 Å². The van der Waals surface area contributed by atoms with Crippen molar-refractivity contribution in [3.63, 3.8) is 0 Å². The van der Waals surface area contributed by atoms with Crippen LogP contribution in [-0.2, 0) is 4.74 Å². The normalized spacial score (nSPS) is 8.85. The minimum absolute atomic E-state index is 0.627. The van der Waals surface area contributed by atoms with Gasteiger partial charge >= 0.3 is 0 Å². The summed E-state index contributed by atoms with van der Waals surface area (Å²) in [5.41, 5.74) is 0. The van der Waals surface area contributed by atoms with E-state index in [-0.39, 0.29) is 0 Å². The SMILES string of the molecule is C=C/C=C(\CCC=C)OC#N.CC. The summed E-state index contributed by atoms with van der Waals surface area (Å²) < 4.78 is 4.63. The monoisotopic (exact) mass is 179 g/mol. The van der Waals surface area contributed by atoms with Crippen molar-refractivity contribution < 1.29 is 4.74 Å². The fraction of sp³-hybridized carbons (Fsp3) is 0.364. The van der Waals surface area contributed by atoms with Gasteiger partial charge < -0.3 is 4.74 Å². The van der Waals surface area contributed by atoms with Crippen LogP contribution in [0.3, 0.4) is 0 Å². The predicted octanol–water partition coefficient (Wildman–Crippen LogP) is 3.55. The lowest BCUT2D eigenvalue weighted by atomic mass is 10.2. The molecule has 0 saturated carbocycles. The number of nitrogens with zero attached hydrogens (tertiary/aromatic N) is 1. The molecule has 0 saturated heterocycles. The first-order valence-electron chi connectivity index (χ1n) is 4.33. The van der Waals surface area contributed by atoms with Crippen molar-refractivity contribution >= 4 is 0 Å². The van der Waals surface area contributed by atoms with Crippen molar-refractivity contribution in [2.45, 2.75) is 26.7 Å². The molecule has 0 fully saturated rings. The molecule has 0 aliphatic carbocycles. The molecule has 0 aliphatic heterocycles. The van der Waals surface area contributed by atoms with Gasteiger partial charge in [-0.15, -0.1) is 11.8 Å². The second-order valence-electron chi connectivity index (χ2n) is 1.89. The topological polar surface area (TPSA) is 33.0 Å². The van der Waals surface area contributed by atoms with Gasteiger partial charge in [-0.1, -0.05) is 32.6 Å². The van der Waals surface area contributed by atoms with E-state index >= 15 is 0 Å². The minimum atomic E-state index is 0.627. The first-order chi connectivity index (χ1) is 6.35. The number of ether oxygens (including phenoxy) is 1. The third kappa shape index (κ3) is 10.5. The van der Waals surface area contributed by atoms with E-state index in [1.165, 1.54) is 0 Å². The Balaban J connectivity index is 0. The van der Waals surface area contributed by atoms with Gasteiger partial charge in [-0.25, -0.2) is 0 Å². The van der Waals surface area contributed by atoms with E-state index in [0.717, 1.165) is 6.42 Å². The smallest absolute Gasteiger partial charge is 0.291 e. The summed E-state index contributed by atoms with van der Waals surface area (Å²) in [7, 11) is 0. The molecular weight excluding hydrogens is 162 g/mol. The Morgan fingerprint density at radius 3 is 2.46 bits per heavy atom. The Morgan fingerprint density at radius 2 is 2.08 bits per heavy atom. The maximum absolute atomic E-state index is 8.19. The molecule has 2 heteroatoms. The lowest BCUT2D eigenvalue weighted by Gasteiger charge is -1.97. The molecule has 0 aliphatic rings. The van der Waals surface area contributed by atoms with Gasteiger partial charge in [0.1, 0.15) is 5.76 Å². The molecule has 0 rings (SSSR count).